The first-order valence-electron chi connectivity index (χ1n) is 7.75. The fourth-order valence-electron chi connectivity index (χ4n) is 2.48. The summed E-state index contributed by atoms with van der Waals surface area (Å²) in [6.45, 7) is 1.89. The van der Waals surface area contributed by atoms with Gasteiger partial charge in [-0.1, -0.05) is 42.5 Å². The van der Waals surface area contributed by atoms with Crippen LogP contribution in [0.25, 0.3) is 11.3 Å². The molecular weight excluding hydrogens is 320 g/mol. The molecule has 1 N–H and O–H groups in total. The summed E-state index contributed by atoms with van der Waals surface area (Å²) in [5.74, 6) is 0.221. The van der Waals surface area contributed by atoms with Crippen LogP contribution in [0.3, 0.4) is 0 Å². The van der Waals surface area contributed by atoms with E-state index in [-0.39, 0.29) is 23.4 Å². The van der Waals surface area contributed by atoms with Crippen molar-refractivity contribution >= 4 is 11.6 Å². The van der Waals surface area contributed by atoms with Crippen molar-refractivity contribution in [2.24, 2.45) is 0 Å². The predicted octanol–water partition coefficient (Wildman–Crippen LogP) is 4.35. The van der Waals surface area contributed by atoms with E-state index in [0.29, 0.717) is 11.3 Å². The average molecular weight is 336 g/mol. The molecule has 0 saturated heterocycles. The van der Waals surface area contributed by atoms with Gasteiger partial charge in [0, 0.05) is 17.7 Å². The van der Waals surface area contributed by atoms with Crippen LogP contribution >= 0.6 is 0 Å². The number of furan rings is 1. The highest BCUT2D eigenvalue weighted by atomic mass is 16.6. The summed E-state index contributed by atoms with van der Waals surface area (Å²) in [5, 5.41) is 13.7. The van der Waals surface area contributed by atoms with E-state index in [1.807, 2.05) is 37.3 Å². The van der Waals surface area contributed by atoms with E-state index in [4.69, 9.17) is 4.42 Å². The van der Waals surface area contributed by atoms with Crippen LogP contribution in [-0.2, 0) is 0 Å². The van der Waals surface area contributed by atoms with Crippen molar-refractivity contribution in [3.63, 3.8) is 0 Å². The minimum Gasteiger partial charge on any atom is -0.451 e. The molecule has 0 aliphatic carbocycles. The molecule has 0 fully saturated rings. The van der Waals surface area contributed by atoms with Crippen LogP contribution in [-0.4, -0.2) is 10.8 Å². The van der Waals surface area contributed by atoms with Gasteiger partial charge in [0.1, 0.15) is 5.76 Å². The number of hydrogen-bond donors (Lipinski definition) is 1. The number of nitrogens with one attached hydrogen (secondary N) is 1. The van der Waals surface area contributed by atoms with E-state index in [1.165, 1.54) is 12.1 Å². The Bertz CT molecular complexity index is 903. The molecule has 3 aromatic rings. The fraction of sp³-hybridized carbons (Fsp3) is 0.105. The molecule has 1 atom stereocenters. The zero-order valence-electron chi connectivity index (χ0n) is 13.5. The van der Waals surface area contributed by atoms with Crippen molar-refractivity contribution in [3.8, 4) is 11.3 Å². The van der Waals surface area contributed by atoms with Crippen LogP contribution in [0.15, 0.2) is 71.1 Å². The maximum atomic E-state index is 12.3. The molecule has 0 aliphatic rings. The molecular formula is C19H16N2O4. The summed E-state index contributed by atoms with van der Waals surface area (Å²) in [6.07, 6.45) is 0. The number of rotatable bonds is 5. The lowest BCUT2D eigenvalue weighted by molar-refractivity contribution is -0.384. The topological polar surface area (TPSA) is 85.4 Å². The van der Waals surface area contributed by atoms with Crippen LogP contribution in [0.2, 0.25) is 0 Å². The molecule has 0 radical (unpaired) electrons. The SMILES string of the molecule is C[C@@H](NC(=O)c1ccc(-c2cccc([N+](=O)[O-])c2)o1)c1ccccc1. The van der Waals surface area contributed by atoms with Gasteiger partial charge < -0.3 is 9.73 Å². The number of benzene rings is 2. The number of nitrogens with zero attached hydrogens (tertiary/aromatic N) is 1. The number of carbonyl (C=O) groups is 1. The molecule has 1 aromatic heterocycles. The first-order valence-corrected chi connectivity index (χ1v) is 7.75. The molecule has 1 amide bonds. The Morgan fingerprint density at radius 2 is 1.84 bits per heavy atom. The highest BCUT2D eigenvalue weighted by Gasteiger charge is 2.16. The first-order chi connectivity index (χ1) is 12.0. The van der Waals surface area contributed by atoms with Gasteiger partial charge in [0.2, 0.25) is 0 Å². The molecule has 6 nitrogen and oxygen atoms in total. The van der Waals surface area contributed by atoms with Gasteiger partial charge in [-0.25, -0.2) is 0 Å². The Morgan fingerprint density at radius 1 is 1.08 bits per heavy atom. The molecule has 3 rings (SSSR count). The van der Waals surface area contributed by atoms with Crippen molar-refractivity contribution < 1.29 is 14.1 Å². The highest BCUT2D eigenvalue weighted by molar-refractivity contribution is 5.92. The molecule has 0 aliphatic heterocycles. The van der Waals surface area contributed by atoms with Gasteiger partial charge in [0.05, 0.1) is 11.0 Å². The third kappa shape index (κ3) is 3.74. The maximum absolute atomic E-state index is 12.3. The minimum absolute atomic E-state index is 0.0300. The average Bonchev–Trinajstić information content (AvgIpc) is 3.13. The molecule has 0 bridgehead atoms. The van der Waals surface area contributed by atoms with E-state index in [0.717, 1.165) is 5.56 Å². The van der Waals surface area contributed by atoms with Gasteiger partial charge in [-0.05, 0) is 24.6 Å². The third-order valence-corrected chi connectivity index (χ3v) is 3.82. The largest absolute Gasteiger partial charge is 0.451 e. The summed E-state index contributed by atoms with van der Waals surface area (Å²) in [5.41, 5.74) is 1.50. The van der Waals surface area contributed by atoms with E-state index in [1.54, 1.807) is 24.3 Å². The Labute approximate surface area is 144 Å². The van der Waals surface area contributed by atoms with Gasteiger partial charge in [-0.3, -0.25) is 14.9 Å². The molecule has 0 spiro atoms. The van der Waals surface area contributed by atoms with Gasteiger partial charge in [-0.2, -0.15) is 0 Å². The molecule has 0 saturated carbocycles. The number of non-ortho nitro benzene ring substituents is 1. The molecule has 6 heteroatoms. The van der Waals surface area contributed by atoms with Crippen LogP contribution < -0.4 is 5.32 Å². The fourth-order valence-corrected chi connectivity index (χ4v) is 2.48. The second-order valence-corrected chi connectivity index (χ2v) is 5.58. The smallest absolute Gasteiger partial charge is 0.287 e. The van der Waals surface area contributed by atoms with Crippen molar-refractivity contribution in [2.45, 2.75) is 13.0 Å². The first kappa shape index (κ1) is 16.4. The second kappa shape index (κ2) is 7.00. The van der Waals surface area contributed by atoms with E-state index < -0.39 is 4.92 Å². The summed E-state index contributed by atoms with van der Waals surface area (Å²) < 4.78 is 5.57. The van der Waals surface area contributed by atoms with Gasteiger partial charge >= 0.3 is 0 Å². The van der Waals surface area contributed by atoms with Crippen LogP contribution in [0.5, 0.6) is 0 Å². The monoisotopic (exact) mass is 336 g/mol. The lowest BCUT2D eigenvalue weighted by Gasteiger charge is -2.13. The van der Waals surface area contributed by atoms with Crippen LogP contribution in [0.4, 0.5) is 5.69 Å². The Morgan fingerprint density at radius 3 is 2.56 bits per heavy atom. The Balaban J connectivity index is 1.76. The summed E-state index contributed by atoms with van der Waals surface area (Å²) in [4.78, 5) is 22.7. The molecule has 126 valence electrons. The molecule has 0 unspecified atom stereocenters. The molecule has 2 aromatic carbocycles. The molecule has 1 heterocycles. The van der Waals surface area contributed by atoms with Crippen LogP contribution in [0, 0.1) is 10.1 Å². The van der Waals surface area contributed by atoms with Gasteiger partial charge in [0.15, 0.2) is 5.76 Å². The number of nitro benzene ring substituents is 1. The summed E-state index contributed by atoms with van der Waals surface area (Å²) >= 11 is 0. The summed E-state index contributed by atoms with van der Waals surface area (Å²) in [6, 6.07) is 18.7. The van der Waals surface area contributed by atoms with Crippen molar-refractivity contribution in [1.29, 1.82) is 0 Å². The van der Waals surface area contributed by atoms with Gasteiger partial charge in [0.25, 0.3) is 11.6 Å². The number of nitro groups is 1. The third-order valence-electron chi connectivity index (χ3n) is 3.82. The Kier molecular flexibility index (Phi) is 4.61. The van der Waals surface area contributed by atoms with E-state index in [9.17, 15) is 14.9 Å². The minimum atomic E-state index is -0.471. The standard InChI is InChI=1S/C19H16N2O4/c1-13(14-6-3-2-4-7-14)20-19(22)18-11-10-17(25-18)15-8-5-9-16(12-15)21(23)24/h2-13H,1H3,(H,20,22)/t13-/m1/s1. The van der Waals surface area contributed by atoms with Gasteiger partial charge in [-0.15, -0.1) is 0 Å². The maximum Gasteiger partial charge on any atom is 0.287 e. The normalized spacial score (nSPS) is 11.7. The van der Waals surface area contributed by atoms with Crippen molar-refractivity contribution in [1.82, 2.24) is 5.32 Å². The Hall–Kier alpha value is -3.41. The van der Waals surface area contributed by atoms with E-state index in [2.05, 4.69) is 5.32 Å². The predicted molar refractivity (Wildman–Crippen MR) is 93.1 cm³/mol. The second-order valence-electron chi connectivity index (χ2n) is 5.58. The highest BCUT2D eigenvalue weighted by Crippen LogP contribution is 2.26. The number of amides is 1. The zero-order chi connectivity index (χ0) is 17.8. The van der Waals surface area contributed by atoms with Crippen LogP contribution in [0.1, 0.15) is 29.1 Å². The quantitative estimate of drug-likeness (QED) is 0.554. The van der Waals surface area contributed by atoms with E-state index >= 15 is 0 Å². The lowest BCUT2D eigenvalue weighted by Crippen LogP contribution is -2.26. The zero-order valence-corrected chi connectivity index (χ0v) is 13.5. The van der Waals surface area contributed by atoms with Crippen molar-refractivity contribution in [2.75, 3.05) is 0 Å². The summed E-state index contributed by atoms with van der Waals surface area (Å²) in [7, 11) is 0. The number of hydrogen-bond acceptors (Lipinski definition) is 4. The molecule has 25 heavy (non-hydrogen) atoms. The number of carbonyl (C=O) groups excluding carboxylic acids is 1. The van der Waals surface area contributed by atoms with Crippen molar-refractivity contribution in [3.05, 3.63) is 88.2 Å². The lowest BCUT2D eigenvalue weighted by atomic mass is 10.1.